The van der Waals surface area contributed by atoms with Gasteiger partial charge >= 0.3 is 0 Å². The fourth-order valence-electron chi connectivity index (χ4n) is 2.32. The van der Waals surface area contributed by atoms with Gasteiger partial charge in [-0.2, -0.15) is 0 Å². The number of nitrogens with one attached hydrogen (secondary N) is 1. The lowest BCUT2D eigenvalue weighted by Gasteiger charge is -2.32. The zero-order valence-corrected chi connectivity index (χ0v) is 15.3. The number of hydrogen-bond acceptors (Lipinski definition) is 3. The summed E-state index contributed by atoms with van der Waals surface area (Å²) in [6.45, 7) is 22.8. The molecule has 0 heterocycles. The van der Waals surface area contributed by atoms with Gasteiger partial charge in [0, 0.05) is 30.7 Å². The predicted molar refractivity (Wildman–Crippen MR) is 89.3 cm³/mol. The summed E-state index contributed by atoms with van der Waals surface area (Å²) in [6, 6.07) is 1.15. The molecule has 0 aliphatic rings. The second-order valence-electron chi connectivity index (χ2n) is 7.71. The van der Waals surface area contributed by atoms with E-state index < -0.39 is 0 Å². The Labute approximate surface area is 127 Å². The van der Waals surface area contributed by atoms with E-state index in [2.05, 4.69) is 72.5 Å². The van der Waals surface area contributed by atoms with Gasteiger partial charge in [0.25, 0.3) is 0 Å². The summed E-state index contributed by atoms with van der Waals surface area (Å²) in [5.41, 5.74) is 0.151. The maximum Gasteiger partial charge on any atom is 0.0723 e. The lowest BCUT2D eigenvalue weighted by atomic mass is 10.0. The fourth-order valence-corrected chi connectivity index (χ4v) is 2.32. The first-order chi connectivity index (χ1) is 9.04. The van der Waals surface area contributed by atoms with Crippen LogP contribution in [0.15, 0.2) is 0 Å². The summed E-state index contributed by atoms with van der Waals surface area (Å²) < 4.78 is 6.13. The van der Waals surface area contributed by atoms with Gasteiger partial charge in [-0.05, 0) is 54.4 Å². The van der Waals surface area contributed by atoms with Crippen LogP contribution in [0.2, 0.25) is 0 Å². The van der Waals surface area contributed by atoms with Crippen LogP contribution in [0.4, 0.5) is 0 Å². The Kier molecular flexibility index (Phi) is 8.96. The normalized spacial score (nSPS) is 14.8. The highest BCUT2D eigenvalue weighted by Crippen LogP contribution is 2.10. The molecule has 3 heteroatoms. The maximum atomic E-state index is 6.13. The van der Waals surface area contributed by atoms with Crippen LogP contribution in [0.5, 0.6) is 0 Å². The van der Waals surface area contributed by atoms with Crippen molar-refractivity contribution in [1.82, 2.24) is 10.2 Å². The monoisotopic (exact) mass is 286 g/mol. The Hall–Kier alpha value is -0.120. The average molecular weight is 287 g/mol. The number of nitrogens with zero attached hydrogens (tertiary/aromatic N) is 1. The summed E-state index contributed by atoms with van der Waals surface area (Å²) in [4.78, 5) is 2.48. The summed E-state index contributed by atoms with van der Waals surface area (Å²) >= 11 is 0. The lowest BCUT2D eigenvalue weighted by molar-refractivity contribution is -0.000179. The first-order valence-electron chi connectivity index (χ1n) is 8.17. The molecule has 0 fully saturated rings. The van der Waals surface area contributed by atoms with E-state index in [1.54, 1.807) is 0 Å². The molecule has 0 saturated carbocycles. The van der Waals surface area contributed by atoms with Gasteiger partial charge in [0.2, 0.25) is 0 Å². The first-order valence-corrected chi connectivity index (χ1v) is 8.17. The SMILES string of the molecule is CC(C)C(CNC(C)(C)C)OCCN(C(C)C)C(C)C. The third-order valence-corrected chi connectivity index (χ3v) is 3.59. The van der Waals surface area contributed by atoms with Crippen LogP contribution in [-0.4, -0.2) is 48.3 Å². The smallest absolute Gasteiger partial charge is 0.0723 e. The van der Waals surface area contributed by atoms with Crippen molar-refractivity contribution in [3.8, 4) is 0 Å². The van der Waals surface area contributed by atoms with Crippen LogP contribution in [0.3, 0.4) is 0 Å². The molecule has 0 rings (SSSR count). The van der Waals surface area contributed by atoms with E-state index in [1.807, 2.05) is 0 Å². The molecule has 1 atom stereocenters. The molecule has 0 bridgehead atoms. The van der Waals surface area contributed by atoms with Crippen molar-refractivity contribution in [1.29, 1.82) is 0 Å². The van der Waals surface area contributed by atoms with E-state index in [0.29, 0.717) is 18.0 Å². The zero-order valence-electron chi connectivity index (χ0n) is 15.3. The molecule has 0 aromatic carbocycles. The van der Waals surface area contributed by atoms with Crippen molar-refractivity contribution < 1.29 is 4.74 Å². The maximum absolute atomic E-state index is 6.13. The standard InChI is InChI=1S/C17H38N2O/c1-13(2)16(12-18-17(7,8)9)20-11-10-19(14(3)4)15(5)6/h13-16,18H,10-12H2,1-9H3. The van der Waals surface area contributed by atoms with Gasteiger partial charge in [0.05, 0.1) is 12.7 Å². The Bertz CT molecular complexity index is 236. The van der Waals surface area contributed by atoms with E-state index in [9.17, 15) is 0 Å². The number of hydrogen-bond donors (Lipinski definition) is 1. The van der Waals surface area contributed by atoms with Gasteiger partial charge in [-0.3, -0.25) is 4.90 Å². The molecule has 0 saturated heterocycles. The predicted octanol–water partition coefficient (Wildman–Crippen LogP) is 3.53. The molecule has 0 amide bonds. The molecule has 0 aliphatic heterocycles. The third kappa shape index (κ3) is 8.93. The molecule has 3 nitrogen and oxygen atoms in total. The lowest BCUT2D eigenvalue weighted by Crippen LogP contribution is -2.44. The molecule has 20 heavy (non-hydrogen) atoms. The van der Waals surface area contributed by atoms with Gasteiger partial charge in [-0.25, -0.2) is 0 Å². The number of rotatable bonds is 9. The molecule has 0 aromatic rings. The molecule has 0 aliphatic carbocycles. The topological polar surface area (TPSA) is 24.5 Å². The van der Waals surface area contributed by atoms with Crippen molar-refractivity contribution in [3.05, 3.63) is 0 Å². The second-order valence-corrected chi connectivity index (χ2v) is 7.71. The molecule has 0 aromatic heterocycles. The summed E-state index contributed by atoms with van der Waals surface area (Å²) in [7, 11) is 0. The quantitative estimate of drug-likeness (QED) is 0.702. The average Bonchev–Trinajstić information content (AvgIpc) is 2.24. The summed E-state index contributed by atoms with van der Waals surface area (Å²) in [5.74, 6) is 0.538. The van der Waals surface area contributed by atoms with Crippen LogP contribution >= 0.6 is 0 Å². The highest BCUT2D eigenvalue weighted by molar-refractivity contribution is 4.75. The Morgan fingerprint density at radius 3 is 1.80 bits per heavy atom. The molecule has 0 spiro atoms. The molecule has 0 radical (unpaired) electrons. The largest absolute Gasteiger partial charge is 0.375 e. The minimum absolute atomic E-state index is 0.151. The van der Waals surface area contributed by atoms with E-state index in [1.165, 1.54) is 0 Å². The van der Waals surface area contributed by atoms with Crippen LogP contribution < -0.4 is 5.32 Å². The molecule has 1 N–H and O–H groups in total. The first kappa shape index (κ1) is 19.9. The van der Waals surface area contributed by atoms with Crippen LogP contribution in [0.25, 0.3) is 0 Å². The molecular weight excluding hydrogens is 248 g/mol. The number of ether oxygens (including phenoxy) is 1. The molecular formula is C17H38N2O. The van der Waals surface area contributed by atoms with Crippen molar-refractivity contribution in [2.45, 2.75) is 86.0 Å². The summed E-state index contributed by atoms with van der Waals surface area (Å²) in [5, 5.41) is 3.55. The Morgan fingerprint density at radius 2 is 1.45 bits per heavy atom. The van der Waals surface area contributed by atoms with E-state index in [4.69, 9.17) is 4.74 Å². The fraction of sp³-hybridized carbons (Fsp3) is 1.00. The van der Waals surface area contributed by atoms with Crippen molar-refractivity contribution in [2.24, 2.45) is 5.92 Å². The van der Waals surface area contributed by atoms with Crippen LogP contribution in [-0.2, 0) is 4.74 Å². The van der Waals surface area contributed by atoms with E-state index in [-0.39, 0.29) is 11.6 Å². The molecule has 122 valence electrons. The van der Waals surface area contributed by atoms with Crippen LogP contribution in [0.1, 0.15) is 62.3 Å². The Balaban J connectivity index is 4.21. The van der Waals surface area contributed by atoms with Gasteiger partial charge in [-0.1, -0.05) is 13.8 Å². The highest BCUT2D eigenvalue weighted by atomic mass is 16.5. The third-order valence-electron chi connectivity index (χ3n) is 3.59. The minimum atomic E-state index is 0.151. The van der Waals surface area contributed by atoms with Crippen molar-refractivity contribution >= 4 is 0 Å². The Morgan fingerprint density at radius 1 is 0.950 bits per heavy atom. The second kappa shape index (κ2) is 9.01. The molecule has 1 unspecified atom stereocenters. The van der Waals surface area contributed by atoms with Gasteiger partial charge < -0.3 is 10.1 Å². The van der Waals surface area contributed by atoms with Gasteiger partial charge in [0.15, 0.2) is 0 Å². The van der Waals surface area contributed by atoms with Crippen molar-refractivity contribution in [3.63, 3.8) is 0 Å². The van der Waals surface area contributed by atoms with E-state index >= 15 is 0 Å². The highest BCUT2D eigenvalue weighted by Gasteiger charge is 2.19. The summed E-state index contributed by atoms with van der Waals surface area (Å²) in [6.07, 6.45) is 0.287. The minimum Gasteiger partial charge on any atom is -0.375 e. The van der Waals surface area contributed by atoms with Crippen LogP contribution in [0, 0.1) is 5.92 Å². The van der Waals surface area contributed by atoms with Gasteiger partial charge in [0.1, 0.15) is 0 Å². The van der Waals surface area contributed by atoms with Crippen molar-refractivity contribution in [2.75, 3.05) is 19.7 Å². The van der Waals surface area contributed by atoms with Gasteiger partial charge in [-0.15, -0.1) is 0 Å². The zero-order chi connectivity index (χ0) is 15.9. The van der Waals surface area contributed by atoms with E-state index in [0.717, 1.165) is 19.7 Å².